The fraction of sp³-hybridized carbons (Fsp3) is 0.417. The number of hydrogen-bond donors (Lipinski definition) is 1. The molecule has 4 aromatic carbocycles. The molecule has 10 rings (SSSR count). The zero-order valence-electron chi connectivity index (χ0n) is 36.1. The van der Waals surface area contributed by atoms with Crippen LogP contribution in [0.4, 0.5) is 0 Å². The zero-order chi connectivity index (χ0) is 43.0. The maximum Gasteiger partial charge on any atom is 0.244 e. The van der Waals surface area contributed by atoms with E-state index in [9.17, 15) is 8.42 Å². The highest BCUT2D eigenvalue weighted by Crippen LogP contribution is 2.52. The molecule has 328 valence electrons. The molecule has 0 radical (unpaired) electrons. The van der Waals surface area contributed by atoms with Gasteiger partial charge in [-0.2, -0.15) is 0 Å². The monoisotopic (exact) mass is 865 g/mol. The number of sulfonamides is 1. The van der Waals surface area contributed by atoms with E-state index in [0.717, 1.165) is 49.0 Å². The van der Waals surface area contributed by atoms with E-state index in [1.165, 1.54) is 16.7 Å². The van der Waals surface area contributed by atoms with Crippen molar-refractivity contribution in [2.75, 3.05) is 74.9 Å². The quantitative estimate of drug-likeness (QED) is 0.157. The highest BCUT2D eigenvalue weighted by atomic mass is 32.2. The topological polar surface area (TPSA) is 126 Å². The van der Waals surface area contributed by atoms with E-state index in [0.29, 0.717) is 96.4 Å². The van der Waals surface area contributed by atoms with Gasteiger partial charge in [-0.25, -0.2) is 13.1 Å². The van der Waals surface area contributed by atoms with Crippen LogP contribution in [0.5, 0.6) is 46.0 Å². The van der Waals surface area contributed by atoms with Crippen LogP contribution >= 0.6 is 0 Å². The number of allylic oxidation sites excluding steroid dienone is 2. The van der Waals surface area contributed by atoms with Crippen molar-refractivity contribution >= 4 is 10.0 Å². The van der Waals surface area contributed by atoms with Crippen LogP contribution in [0, 0.1) is 0 Å². The lowest BCUT2D eigenvalue weighted by molar-refractivity contribution is 0.0619. The molecule has 2 atom stereocenters. The first kappa shape index (κ1) is 41.9. The van der Waals surface area contributed by atoms with Gasteiger partial charge in [0, 0.05) is 43.7 Å². The number of ether oxygens (including phenoxy) is 8. The first-order valence-electron chi connectivity index (χ1n) is 21.4. The molecule has 5 heterocycles. The van der Waals surface area contributed by atoms with Gasteiger partial charge in [0.15, 0.2) is 40.3 Å². The van der Waals surface area contributed by atoms with Crippen molar-refractivity contribution in [2.45, 2.75) is 57.0 Å². The van der Waals surface area contributed by atoms with Crippen LogP contribution < -0.4 is 33.1 Å². The van der Waals surface area contributed by atoms with Gasteiger partial charge in [0.25, 0.3) is 0 Å². The van der Waals surface area contributed by atoms with E-state index in [-0.39, 0.29) is 30.1 Å². The van der Waals surface area contributed by atoms with Crippen LogP contribution in [0.3, 0.4) is 0 Å². The van der Waals surface area contributed by atoms with E-state index in [1.807, 2.05) is 24.3 Å². The number of fused-ring (bicyclic) bond motifs is 2. The molecule has 6 bridgehead atoms. The highest BCUT2D eigenvalue weighted by molar-refractivity contribution is 7.93. The first-order chi connectivity index (χ1) is 30.1. The van der Waals surface area contributed by atoms with E-state index in [1.54, 1.807) is 27.4 Å². The van der Waals surface area contributed by atoms with Crippen molar-refractivity contribution in [1.29, 1.82) is 0 Å². The molecule has 0 unspecified atom stereocenters. The fourth-order valence-corrected chi connectivity index (χ4v) is 10.6. The zero-order valence-corrected chi connectivity index (χ0v) is 36.9. The molecule has 1 N–H and O–H groups in total. The first-order valence-corrected chi connectivity index (χ1v) is 22.9. The Labute approximate surface area is 364 Å². The SMILES string of the molecule is COc1cc2c3cc1Oc1c(OC)c(OC)cc4c1[C@@H](Cc1ccc(OCCCNS(=O)(=O)C5=CCCC6=C5OCCO6)c(c1)Oc1ccc(cc1)C[C@@H]3N(C)CC2)N(C)CC4. The van der Waals surface area contributed by atoms with Crippen LogP contribution in [-0.4, -0.2) is 93.1 Å². The minimum absolute atomic E-state index is 0.0986. The Bertz CT molecular complexity index is 2500. The molecule has 6 aliphatic rings. The van der Waals surface area contributed by atoms with Crippen molar-refractivity contribution in [1.82, 2.24) is 14.5 Å². The molecule has 0 spiro atoms. The second kappa shape index (κ2) is 17.8. The van der Waals surface area contributed by atoms with E-state index in [2.05, 4.69) is 65.0 Å². The minimum atomic E-state index is -3.81. The molecule has 0 aromatic heterocycles. The Hall–Kier alpha value is -5.41. The average Bonchev–Trinajstić information content (AvgIpc) is 3.28. The van der Waals surface area contributed by atoms with Crippen molar-refractivity contribution in [3.05, 3.63) is 117 Å². The van der Waals surface area contributed by atoms with Gasteiger partial charge in [0.1, 0.15) is 29.6 Å². The molecule has 0 saturated carbocycles. The molecule has 13 nitrogen and oxygen atoms in total. The third kappa shape index (κ3) is 8.28. The van der Waals surface area contributed by atoms with E-state index >= 15 is 0 Å². The third-order valence-corrected chi connectivity index (χ3v) is 14.1. The molecular weight excluding hydrogens is 811 g/mol. The van der Waals surface area contributed by atoms with Crippen molar-refractivity contribution < 1.29 is 46.3 Å². The lowest BCUT2D eigenvalue weighted by atomic mass is 9.87. The summed E-state index contributed by atoms with van der Waals surface area (Å²) in [5.41, 5.74) is 6.81. The number of hydrogen-bond acceptors (Lipinski definition) is 12. The summed E-state index contributed by atoms with van der Waals surface area (Å²) in [6.07, 6.45) is 6.44. The summed E-state index contributed by atoms with van der Waals surface area (Å²) in [7, 11) is 5.51. The van der Waals surface area contributed by atoms with Crippen molar-refractivity contribution in [2.24, 2.45) is 0 Å². The number of rotatable bonds is 10. The molecule has 14 heteroatoms. The second-order valence-electron chi connectivity index (χ2n) is 16.4. The number of methoxy groups -OCH3 is 3. The summed E-state index contributed by atoms with van der Waals surface area (Å²) in [4.78, 5) is 4.90. The van der Waals surface area contributed by atoms with Gasteiger partial charge in [0.05, 0.1) is 27.9 Å². The summed E-state index contributed by atoms with van der Waals surface area (Å²) < 4.78 is 78.9. The smallest absolute Gasteiger partial charge is 0.244 e. The fourth-order valence-electron chi connectivity index (χ4n) is 9.27. The summed E-state index contributed by atoms with van der Waals surface area (Å²) in [6.45, 7) is 2.93. The molecule has 1 aliphatic carbocycles. The normalized spacial score (nSPS) is 19.9. The van der Waals surface area contributed by atoms with Gasteiger partial charge in [-0.15, -0.1) is 0 Å². The Balaban J connectivity index is 1.05. The number of nitrogens with zero attached hydrogens (tertiary/aromatic N) is 2. The molecule has 4 aromatic rings. The van der Waals surface area contributed by atoms with Gasteiger partial charge >= 0.3 is 0 Å². The average molecular weight is 866 g/mol. The summed E-state index contributed by atoms with van der Waals surface area (Å²) in [5, 5.41) is 0. The molecular formula is C48H55N3O10S. The Morgan fingerprint density at radius 2 is 1.45 bits per heavy atom. The Morgan fingerprint density at radius 3 is 2.24 bits per heavy atom. The van der Waals surface area contributed by atoms with E-state index < -0.39 is 10.0 Å². The summed E-state index contributed by atoms with van der Waals surface area (Å²) in [6, 6.07) is 20.7. The predicted molar refractivity (Wildman–Crippen MR) is 234 cm³/mol. The highest BCUT2D eigenvalue weighted by Gasteiger charge is 2.35. The van der Waals surface area contributed by atoms with Gasteiger partial charge in [-0.3, -0.25) is 9.80 Å². The van der Waals surface area contributed by atoms with Gasteiger partial charge in [0.2, 0.25) is 15.8 Å². The lowest BCUT2D eigenvalue weighted by Crippen LogP contribution is -2.34. The van der Waals surface area contributed by atoms with Gasteiger partial charge < -0.3 is 37.9 Å². The Morgan fingerprint density at radius 1 is 0.742 bits per heavy atom. The summed E-state index contributed by atoms with van der Waals surface area (Å²) in [5.74, 6) is 5.77. The van der Waals surface area contributed by atoms with Crippen molar-refractivity contribution in [3.63, 3.8) is 0 Å². The molecule has 0 fully saturated rings. The van der Waals surface area contributed by atoms with Gasteiger partial charge in [-0.1, -0.05) is 24.3 Å². The second-order valence-corrected chi connectivity index (χ2v) is 18.1. The summed E-state index contributed by atoms with van der Waals surface area (Å²) >= 11 is 0. The van der Waals surface area contributed by atoms with Crippen LogP contribution in [0.15, 0.2) is 83.2 Å². The van der Waals surface area contributed by atoms with Crippen LogP contribution in [0.25, 0.3) is 0 Å². The van der Waals surface area contributed by atoms with Crippen LogP contribution in [-0.2, 0) is 45.2 Å². The lowest BCUT2D eigenvalue weighted by Gasteiger charge is -2.37. The number of benzene rings is 4. The minimum Gasteiger partial charge on any atom is -0.493 e. The van der Waals surface area contributed by atoms with E-state index in [4.69, 9.17) is 37.9 Å². The maximum absolute atomic E-state index is 13.3. The standard InChI is InChI=1S/C48H55N3O10S/c1-50-19-16-32-27-40(54-3)42-29-35(32)36(50)24-30-10-13-34(14-11-30)60-41-26-31(25-37-45-33(17-20-51(37)2)28-43(55-4)47(56-5)48(45)61-42)12-15-38(41)57-21-7-18-49-62(52,53)44-9-6-8-39-46(44)59-23-22-58-39/h9-15,26-29,36-37,49H,6-8,16-25H2,1-5H3/t36-,37+/m0/s1. The number of nitrogens with one attached hydrogen (secondary N) is 1. The number of likely N-dealkylation sites (N-methyl/N-ethyl adjacent to an activating group) is 2. The third-order valence-electron chi connectivity index (χ3n) is 12.6. The molecule has 62 heavy (non-hydrogen) atoms. The predicted octanol–water partition coefficient (Wildman–Crippen LogP) is 7.78. The maximum atomic E-state index is 13.3. The molecule has 5 aliphatic heterocycles. The van der Waals surface area contributed by atoms with Gasteiger partial charge in [-0.05, 0) is 123 Å². The Kier molecular flexibility index (Phi) is 12.0. The van der Waals surface area contributed by atoms with Crippen LogP contribution in [0.2, 0.25) is 0 Å². The van der Waals surface area contributed by atoms with Crippen LogP contribution in [0.1, 0.15) is 64.7 Å². The largest absolute Gasteiger partial charge is 0.493 e. The molecule has 0 saturated heterocycles. The molecule has 0 amide bonds. The van der Waals surface area contributed by atoms with Crippen molar-refractivity contribution in [3.8, 4) is 46.0 Å².